The smallest absolute Gasteiger partial charge is 0.222 e. The standard InChI is InChI=1S/C9H14N4O/c1-6-12-3-2-8(13-6)4-7(5-10)9(11)14/h2-3,7H,4-5,10H2,1H3,(H2,11,14). The Labute approximate surface area is 82.5 Å². The highest BCUT2D eigenvalue weighted by Gasteiger charge is 2.14. The SMILES string of the molecule is Cc1nccc(CC(CN)C(N)=O)n1. The molecular formula is C9H14N4O. The molecule has 1 aromatic rings. The van der Waals surface area contributed by atoms with Crippen LogP contribution in [0.25, 0.3) is 0 Å². The molecule has 0 aliphatic carbocycles. The number of hydrogen-bond acceptors (Lipinski definition) is 4. The van der Waals surface area contributed by atoms with E-state index in [4.69, 9.17) is 11.5 Å². The van der Waals surface area contributed by atoms with Crippen molar-refractivity contribution in [2.24, 2.45) is 17.4 Å². The molecule has 1 aromatic heterocycles. The third-order valence-electron chi connectivity index (χ3n) is 1.98. The average molecular weight is 194 g/mol. The molecule has 76 valence electrons. The number of hydrogen-bond donors (Lipinski definition) is 2. The van der Waals surface area contributed by atoms with Gasteiger partial charge in [-0.05, 0) is 13.0 Å². The number of rotatable bonds is 4. The number of primary amides is 1. The second kappa shape index (κ2) is 4.66. The Kier molecular flexibility index (Phi) is 3.53. The van der Waals surface area contributed by atoms with Crippen molar-refractivity contribution in [2.45, 2.75) is 13.3 Å². The van der Waals surface area contributed by atoms with Crippen LogP contribution in [0.1, 0.15) is 11.5 Å². The molecule has 5 heteroatoms. The van der Waals surface area contributed by atoms with E-state index in [1.165, 1.54) is 0 Å². The molecule has 1 rings (SSSR count). The molecule has 1 unspecified atom stereocenters. The zero-order chi connectivity index (χ0) is 10.6. The van der Waals surface area contributed by atoms with Gasteiger partial charge in [-0.3, -0.25) is 4.79 Å². The van der Waals surface area contributed by atoms with Crippen LogP contribution >= 0.6 is 0 Å². The molecule has 0 bridgehead atoms. The Morgan fingerprint density at radius 1 is 1.64 bits per heavy atom. The molecule has 0 saturated carbocycles. The first-order chi connectivity index (χ1) is 6.63. The third-order valence-corrected chi connectivity index (χ3v) is 1.98. The van der Waals surface area contributed by atoms with Gasteiger partial charge < -0.3 is 11.5 Å². The summed E-state index contributed by atoms with van der Waals surface area (Å²) in [7, 11) is 0. The van der Waals surface area contributed by atoms with Crippen molar-refractivity contribution in [2.75, 3.05) is 6.54 Å². The lowest BCUT2D eigenvalue weighted by atomic mass is 10.0. The summed E-state index contributed by atoms with van der Waals surface area (Å²) in [6.45, 7) is 2.05. The third kappa shape index (κ3) is 2.77. The zero-order valence-electron chi connectivity index (χ0n) is 8.10. The van der Waals surface area contributed by atoms with Gasteiger partial charge in [-0.15, -0.1) is 0 Å². The van der Waals surface area contributed by atoms with Crippen molar-refractivity contribution in [3.8, 4) is 0 Å². The maximum Gasteiger partial charge on any atom is 0.222 e. The first-order valence-corrected chi connectivity index (χ1v) is 4.41. The second-order valence-corrected chi connectivity index (χ2v) is 3.13. The lowest BCUT2D eigenvalue weighted by Gasteiger charge is -2.09. The minimum absolute atomic E-state index is 0.248. The molecule has 1 atom stereocenters. The van der Waals surface area contributed by atoms with Gasteiger partial charge in [0.15, 0.2) is 0 Å². The molecule has 0 aliphatic rings. The Morgan fingerprint density at radius 3 is 2.86 bits per heavy atom. The van der Waals surface area contributed by atoms with Gasteiger partial charge in [-0.25, -0.2) is 9.97 Å². The summed E-state index contributed by atoms with van der Waals surface area (Å²) in [6, 6.07) is 1.76. The summed E-state index contributed by atoms with van der Waals surface area (Å²) in [6.07, 6.45) is 2.14. The number of nitrogens with zero attached hydrogens (tertiary/aromatic N) is 2. The van der Waals surface area contributed by atoms with E-state index in [-0.39, 0.29) is 18.4 Å². The highest BCUT2D eigenvalue weighted by atomic mass is 16.1. The fraction of sp³-hybridized carbons (Fsp3) is 0.444. The van der Waals surface area contributed by atoms with Crippen LogP contribution in [0.2, 0.25) is 0 Å². The van der Waals surface area contributed by atoms with Gasteiger partial charge in [-0.1, -0.05) is 0 Å². The summed E-state index contributed by atoms with van der Waals surface area (Å²) >= 11 is 0. The number of carbonyl (C=O) groups excluding carboxylic acids is 1. The normalized spacial score (nSPS) is 12.4. The molecule has 5 nitrogen and oxygen atoms in total. The highest BCUT2D eigenvalue weighted by Crippen LogP contribution is 2.04. The number of amides is 1. The molecule has 0 radical (unpaired) electrons. The first kappa shape index (κ1) is 10.6. The summed E-state index contributed by atoms with van der Waals surface area (Å²) in [4.78, 5) is 19.0. The van der Waals surface area contributed by atoms with Gasteiger partial charge in [-0.2, -0.15) is 0 Å². The number of nitrogens with two attached hydrogens (primary N) is 2. The minimum Gasteiger partial charge on any atom is -0.369 e. The lowest BCUT2D eigenvalue weighted by molar-refractivity contribution is -0.121. The lowest BCUT2D eigenvalue weighted by Crippen LogP contribution is -2.31. The monoisotopic (exact) mass is 194 g/mol. The molecule has 0 spiro atoms. The quantitative estimate of drug-likeness (QED) is 0.668. The van der Waals surface area contributed by atoms with Crippen molar-refractivity contribution < 1.29 is 4.79 Å². The molecule has 0 aliphatic heterocycles. The van der Waals surface area contributed by atoms with Crippen LogP contribution in [0.4, 0.5) is 0 Å². The van der Waals surface area contributed by atoms with Crippen LogP contribution in [0.3, 0.4) is 0 Å². The molecule has 14 heavy (non-hydrogen) atoms. The van der Waals surface area contributed by atoms with E-state index >= 15 is 0 Å². The molecule has 4 N–H and O–H groups in total. The van der Waals surface area contributed by atoms with E-state index in [0.717, 1.165) is 5.69 Å². The number of carbonyl (C=O) groups is 1. The van der Waals surface area contributed by atoms with E-state index in [9.17, 15) is 4.79 Å². The Balaban J connectivity index is 2.72. The number of aryl methyl sites for hydroxylation is 1. The Hall–Kier alpha value is -1.49. The van der Waals surface area contributed by atoms with Gasteiger partial charge in [0.25, 0.3) is 0 Å². The van der Waals surface area contributed by atoms with Gasteiger partial charge in [0.05, 0.1) is 5.92 Å². The molecule has 0 saturated heterocycles. The topological polar surface area (TPSA) is 94.9 Å². The largest absolute Gasteiger partial charge is 0.369 e. The van der Waals surface area contributed by atoms with Crippen molar-refractivity contribution >= 4 is 5.91 Å². The summed E-state index contributed by atoms with van der Waals surface area (Å²) in [5.74, 6) is -0.0455. The van der Waals surface area contributed by atoms with Crippen molar-refractivity contribution in [1.82, 2.24) is 9.97 Å². The Morgan fingerprint density at radius 2 is 2.36 bits per heavy atom. The van der Waals surface area contributed by atoms with E-state index < -0.39 is 0 Å². The zero-order valence-corrected chi connectivity index (χ0v) is 8.10. The summed E-state index contributed by atoms with van der Waals surface area (Å²) in [5, 5.41) is 0. The van der Waals surface area contributed by atoms with Crippen molar-refractivity contribution in [3.63, 3.8) is 0 Å². The van der Waals surface area contributed by atoms with Crippen LogP contribution in [-0.4, -0.2) is 22.4 Å². The molecule has 1 heterocycles. The van der Waals surface area contributed by atoms with Gasteiger partial charge in [0.2, 0.25) is 5.91 Å². The minimum atomic E-state index is -0.385. The van der Waals surface area contributed by atoms with Gasteiger partial charge >= 0.3 is 0 Å². The van der Waals surface area contributed by atoms with E-state index in [0.29, 0.717) is 12.2 Å². The predicted molar refractivity (Wildman–Crippen MR) is 52.2 cm³/mol. The second-order valence-electron chi connectivity index (χ2n) is 3.13. The van der Waals surface area contributed by atoms with E-state index in [2.05, 4.69) is 9.97 Å². The van der Waals surface area contributed by atoms with Gasteiger partial charge in [0.1, 0.15) is 5.82 Å². The van der Waals surface area contributed by atoms with E-state index in [1.54, 1.807) is 19.2 Å². The Bertz CT molecular complexity index is 326. The fourth-order valence-corrected chi connectivity index (χ4v) is 1.17. The fourth-order valence-electron chi connectivity index (χ4n) is 1.17. The van der Waals surface area contributed by atoms with Crippen molar-refractivity contribution in [1.29, 1.82) is 0 Å². The maximum absolute atomic E-state index is 10.9. The van der Waals surface area contributed by atoms with Crippen LogP contribution in [0, 0.1) is 12.8 Å². The average Bonchev–Trinajstić information content (AvgIpc) is 2.14. The van der Waals surface area contributed by atoms with Crippen molar-refractivity contribution in [3.05, 3.63) is 23.8 Å². The van der Waals surface area contributed by atoms with Gasteiger partial charge in [0, 0.05) is 24.9 Å². The molecule has 0 aromatic carbocycles. The van der Waals surface area contributed by atoms with Crippen LogP contribution < -0.4 is 11.5 Å². The summed E-state index contributed by atoms with van der Waals surface area (Å²) in [5.41, 5.74) is 11.4. The molecule has 1 amide bonds. The summed E-state index contributed by atoms with van der Waals surface area (Å²) < 4.78 is 0. The maximum atomic E-state index is 10.9. The predicted octanol–water partition coefficient (Wildman–Crippen LogP) is -0.612. The first-order valence-electron chi connectivity index (χ1n) is 4.41. The van der Waals surface area contributed by atoms with Crippen LogP contribution in [-0.2, 0) is 11.2 Å². The molecular weight excluding hydrogens is 180 g/mol. The van der Waals surface area contributed by atoms with E-state index in [1.807, 2.05) is 0 Å². The van der Waals surface area contributed by atoms with Crippen LogP contribution in [0.15, 0.2) is 12.3 Å². The number of aromatic nitrogens is 2. The highest BCUT2D eigenvalue weighted by molar-refractivity contribution is 5.77. The van der Waals surface area contributed by atoms with Crippen LogP contribution in [0.5, 0.6) is 0 Å². The molecule has 0 fully saturated rings.